The molecule has 1 aromatic heterocycles. The highest BCUT2D eigenvalue weighted by Gasteiger charge is 2.14. The van der Waals surface area contributed by atoms with Gasteiger partial charge in [0.1, 0.15) is 5.69 Å². The molecule has 0 radical (unpaired) electrons. The number of rotatable bonds is 3. The van der Waals surface area contributed by atoms with Crippen molar-refractivity contribution in [3.05, 3.63) is 41.2 Å². The van der Waals surface area contributed by atoms with Crippen LogP contribution in [0.5, 0.6) is 0 Å². The molecule has 2 N–H and O–H groups in total. The minimum absolute atomic E-state index is 0.146. The fourth-order valence-corrected chi connectivity index (χ4v) is 1.52. The number of benzene rings is 1. The van der Waals surface area contributed by atoms with Crippen LogP contribution in [0.4, 0.5) is 0 Å². The van der Waals surface area contributed by atoms with Gasteiger partial charge in [-0.1, -0.05) is 17.3 Å². The summed E-state index contributed by atoms with van der Waals surface area (Å²) in [5, 5.41) is 21.3. The summed E-state index contributed by atoms with van der Waals surface area (Å²) in [6.45, 7) is 1.68. The van der Waals surface area contributed by atoms with Gasteiger partial charge in [-0.3, -0.25) is 0 Å². The maximum Gasteiger partial charge on any atom is 0.374 e. The number of nitrogens with zero attached hydrogens (tertiary/aromatic N) is 1. The van der Waals surface area contributed by atoms with Gasteiger partial charge >= 0.3 is 11.9 Å². The normalized spacial score (nSPS) is 10.3. The number of hydrogen-bond donors (Lipinski definition) is 2. The number of aromatic carboxylic acids is 2. The van der Waals surface area contributed by atoms with Gasteiger partial charge in [-0.15, -0.1) is 0 Å². The highest BCUT2D eigenvalue weighted by molar-refractivity contribution is 5.91. The summed E-state index contributed by atoms with van der Waals surface area (Å²) in [4.78, 5) is 21.6. The summed E-state index contributed by atoms with van der Waals surface area (Å²) in [5.41, 5.74) is 1.55. The second-order valence-electron chi connectivity index (χ2n) is 3.72. The van der Waals surface area contributed by atoms with Crippen LogP contribution < -0.4 is 0 Å². The lowest BCUT2D eigenvalue weighted by atomic mass is 10.0. The molecular formula is C12H9NO5. The monoisotopic (exact) mass is 247 g/mol. The standard InChI is InChI=1S/C12H9NO5/c1-6-2-3-7(4-8(6)11(14)15)9-5-10(12(16)17)18-13-9/h2-5H,1H3,(H,14,15)(H,16,17). The summed E-state index contributed by atoms with van der Waals surface area (Å²) in [5.74, 6) is -2.56. The molecule has 0 atom stereocenters. The van der Waals surface area contributed by atoms with Crippen LogP contribution in [0.2, 0.25) is 0 Å². The van der Waals surface area contributed by atoms with Gasteiger partial charge < -0.3 is 14.7 Å². The van der Waals surface area contributed by atoms with Crippen molar-refractivity contribution in [1.82, 2.24) is 5.16 Å². The predicted octanol–water partition coefficient (Wildman–Crippen LogP) is 2.05. The Hall–Kier alpha value is -2.63. The Balaban J connectivity index is 2.47. The summed E-state index contributed by atoms with van der Waals surface area (Å²) < 4.78 is 4.61. The predicted molar refractivity (Wildman–Crippen MR) is 60.6 cm³/mol. The first-order valence-electron chi connectivity index (χ1n) is 5.03. The molecule has 2 rings (SSSR count). The Morgan fingerprint density at radius 2 is 1.89 bits per heavy atom. The summed E-state index contributed by atoms with van der Waals surface area (Å²) in [6.07, 6.45) is 0. The van der Waals surface area contributed by atoms with Gasteiger partial charge in [0, 0.05) is 11.6 Å². The lowest BCUT2D eigenvalue weighted by Gasteiger charge is -2.02. The zero-order chi connectivity index (χ0) is 13.3. The molecule has 1 heterocycles. The Kier molecular flexibility index (Phi) is 2.85. The Bertz CT molecular complexity index is 629. The van der Waals surface area contributed by atoms with E-state index < -0.39 is 11.9 Å². The van der Waals surface area contributed by atoms with Crippen molar-refractivity contribution in [2.45, 2.75) is 6.92 Å². The Morgan fingerprint density at radius 1 is 1.17 bits per heavy atom. The maximum atomic E-state index is 11.0. The molecule has 0 aliphatic carbocycles. The SMILES string of the molecule is Cc1ccc(-c2cc(C(=O)O)on2)cc1C(=O)O. The zero-order valence-electron chi connectivity index (χ0n) is 9.38. The molecule has 6 nitrogen and oxygen atoms in total. The third kappa shape index (κ3) is 2.08. The smallest absolute Gasteiger partial charge is 0.374 e. The largest absolute Gasteiger partial charge is 0.478 e. The fraction of sp³-hybridized carbons (Fsp3) is 0.0833. The molecule has 1 aromatic carbocycles. The first-order chi connectivity index (χ1) is 8.49. The lowest BCUT2D eigenvalue weighted by molar-refractivity contribution is 0.0650. The van der Waals surface area contributed by atoms with E-state index in [0.29, 0.717) is 11.1 Å². The molecule has 0 unspecified atom stereocenters. The van der Waals surface area contributed by atoms with Crippen molar-refractivity contribution < 1.29 is 24.3 Å². The molecule has 2 aromatic rings. The highest BCUT2D eigenvalue weighted by Crippen LogP contribution is 2.22. The van der Waals surface area contributed by atoms with Crippen LogP contribution in [0, 0.1) is 6.92 Å². The highest BCUT2D eigenvalue weighted by atomic mass is 16.5. The third-order valence-corrected chi connectivity index (χ3v) is 2.48. The molecule has 0 fully saturated rings. The van der Waals surface area contributed by atoms with Crippen molar-refractivity contribution >= 4 is 11.9 Å². The third-order valence-electron chi connectivity index (χ3n) is 2.48. The quantitative estimate of drug-likeness (QED) is 0.860. The van der Waals surface area contributed by atoms with E-state index >= 15 is 0 Å². The van der Waals surface area contributed by atoms with E-state index in [2.05, 4.69) is 9.68 Å². The first-order valence-corrected chi connectivity index (χ1v) is 5.03. The Labute approximate surface area is 101 Å². The van der Waals surface area contributed by atoms with Gasteiger partial charge in [0.2, 0.25) is 5.76 Å². The number of aryl methyl sites for hydroxylation is 1. The minimum atomic E-state index is -1.22. The minimum Gasteiger partial charge on any atom is -0.478 e. The molecule has 92 valence electrons. The zero-order valence-corrected chi connectivity index (χ0v) is 9.38. The van der Waals surface area contributed by atoms with E-state index in [1.807, 2.05) is 0 Å². The molecule has 0 saturated heterocycles. The number of hydrogen-bond acceptors (Lipinski definition) is 4. The molecule has 0 amide bonds. The second kappa shape index (κ2) is 4.33. The summed E-state index contributed by atoms with van der Waals surface area (Å²) in [6, 6.07) is 5.97. The van der Waals surface area contributed by atoms with Gasteiger partial charge in [-0.25, -0.2) is 9.59 Å². The maximum absolute atomic E-state index is 11.0. The molecule has 0 spiro atoms. The van der Waals surface area contributed by atoms with Gasteiger partial charge in [0.25, 0.3) is 0 Å². The van der Waals surface area contributed by atoms with Crippen LogP contribution in [-0.2, 0) is 0 Å². The number of aromatic nitrogens is 1. The van der Waals surface area contributed by atoms with Crippen LogP contribution >= 0.6 is 0 Å². The van der Waals surface area contributed by atoms with Crippen molar-refractivity contribution in [1.29, 1.82) is 0 Å². The van der Waals surface area contributed by atoms with Crippen LogP contribution in [-0.4, -0.2) is 27.3 Å². The molecule has 18 heavy (non-hydrogen) atoms. The summed E-state index contributed by atoms with van der Waals surface area (Å²) in [7, 11) is 0. The van der Waals surface area contributed by atoms with Gasteiger partial charge in [-0.05, 0) is 18.6 Å². The van der Waals surface area contributed by atoms with Gasteiger partial charge in [0.05, 0.1) is 5.56 Å². The molecular weight excluding hydrogens is 238 g/mol. The lowest BCUT2D eigenvalue weighted by Crippen LogP contribution is -1.99. The van der Waals surface area contributed by atoms with E-state index in [9.17, 15) is 9.59 Å². The topological polar surface area (TPSA) is 101 Å². The molecule has 6 heteroatoms. The van der Waals surface area contributed by atoms with E-state index in [1.54, 1.807) is 19.1 Å². The van der Waals surface area contributed by atoms with Crippen LogP contribution in [0.3, 0.4) is 0 Å². The van der Waals surface area contributed by atoms with E-state index in [4.69, 9.17) is 10.2 Å². The van der Waals surface area contributed by atoms with E-state index in [0.717, 1.165) is 0 Å². The van der Waals surface area contributed by atoms with Crippen molar-refractivity contribution in [3.8, 4) is 11.3 Å². The van der Waals surface area contributed by atoms with Crippen LogP contribution in [0.25, 0.3) is 11.3 Å². The van der Waals surface area contributed by atoms with Crippen LogP contribution in [0.1, 0.15) is 26.5 Å². The van der Waals surface area contributed by atoms with Gasteiger partial charge in [-0.2, -0.15) is 0 Å². The summed E-state index contributed by atoms with van der Waals surface area (Å²) >= 11 is 0. The molecule has 0 aliphatic heterocycles. The fourth-order valence-electron chi connectivity index (χ4n) is 1.52. The number of carbonyl (C=O) groups is 2. The molecule has 0 saturated carbocycles. The van der Waals surface area contributed by atoms with Crippen molar-refractivity contribution in [3.63, 3.8) is 0 Å². The van der Waals surface area contributed by atoms with Crippen LogP contribution in [0.15, 0.2) is 28.8 Å². The van der Waals surface area contributed by atoms with Crippen molar-refractivity contribution in [2.75, 3.05) is 0 Å². The number of carboxylic acids is 2. The van der Waals surface area contributed by atoms with E-state index in [-0.39, 0.29) is 17.0 Å². The molecule has 0 aliphatic rings. The first kappa shape index (κ1) is 11.8. The average Bonchev–Trinajstić information content (AvgIpc) is 2.78. The molecule has 0 bridgehead atoms. The Morgan fingerprint density at radius 3 is 2.44 bits per heavy atom. The average molecular weight is 247 g/mol. The van der Waals surface area contributed by atoms with E-state index in [1.165, 1.54) is 12.1 Å². The second-order valence-corrected chi connectivity index (χ2v) is 3.72. The number of carboxylic acid groups (broad SMARTS) is 2. The van der Waals surface area contributed by atoms with Gasteiger partial charge in [0.15, 0.2) is 0 Å². The van der Waals surface area contributed by atoms with Crippen molar-refractivity contribution in [2.24, 2.45) is 0 Å².